The summed E-state index contributed by atoms with van der Waals surface area (Å²) >= 11 is 0. The van der Waals surface area contributed by atoms with Crippen LogP contribution in [0.15, 0.2) is 24.3 Å². The zero-order chi connectivity index (χ0) is 13.1. The van der Waals surface area contributed by atoms with Crippen LogP contribution >= 0.6 is 0 Å². The summed E-state index contributed by atoms with van der Waals surface area (Å²) in [6.07, 6.45) is 2.19. The van der Waals surface area contributed by atoms with Crippen molar-refractivity contribution in [2.45, 2.75) is 44.8 Å². The Morgan fingerprint density at radius 2 is 2.22 bits per heavy atom. The normalized spacial score (nSPS) is 26.9. The number of hydrogen-bond donors (Lipinski definition) is 1. The van der Waals surface area contributed by atoms with Crippen LogP contribution in [-0.2, 0) is 0 Å². The molecule has 1 heterocycles. The predicted molar refractivity (Wildman–Crippen MR) is 74.8 cm³/mol. The molecule has 100 valence electrons. The number of benzene rings is 1. The first-order valence-corrected chi connectivity index (χ1v) is 6.77. The molecule has 1 aromatic rings. The molecule has 3 atom stereocenters. The summed E-state index contributed by atoms with van der Waals surface area (Å²) in [6.45, 7) is 5.62. The molecule has 1 aliphatic heterocycles. The van der Waals surface area contributed by atoms with Gasteiger partial charge in [0, 0.05) is 24.7 Å². The van der Waals surface area contributed by atoms with E-state index in [-0.39, 0.29) is 0 Å². The third kappa shape index (κ3) is 2.85. The van der Waals surface area contributed by atoms with Crippen molar-refractivity contribution in [2.75, 3.05) is 13.7 Å². The van der Waals surface area contributed by atoms with E-state index in [1.165, 1.54) is 5.56 Å². The topological polar surface area (TPSA) is 38.5 Å². The zero-order valence-corrected chi connectivity index (χ0v) is 11.6. The minimum atomic E-state index is 0.369. The Morgan fingerprint density at radius 1 is 1.44 bits per heavy atom. The van der Waals surface area contributed by atoms with Crippen molar-refractivity contribution in [3.05, 3.63) is 29.8 Å². The van der Waals surface area contributed by atoms with Crippen LogP contribution in [0, 0.1) is 0 Å². The highest BCUT2D eigenvalue weighted by atomic mass is 16.5. The highest BCUT2D eigenvalue weighted by Gasteiger charge is 2.27. The molecular formula is C15H24N2O. The third-order valence-electron chi connectivity index (χ3n) is 4.04. The molecule has 0 radical (unpaired) electrons. The van der Waals surface area contributed by atoms with E-state index >= 15 is 0 Å². The second-order valence-electron chi connectivity index (χ2n) is 5.32. The minimum Gasteiger partial charge on any atom is -0.497 e. The molecule has 3 nitrogen and oxygen atoms in total. The summed E-state index contributed by atoms with van der Waals surface area (Å²) in [4.78, 5) is 2.54. The Bertz CT molecular complexity index is 394. The summed E-state index contributed by atoms with van der Waals surface area (Å²) in [5.74, 6) is 0.931. The average Bonchev–Trinajstić information content (AvgIpc) is 2.38. The summed E-state index contributed by atoms with van der Waals surface area (Å²) in [6, 6.07) is 9.70. The van der Waals surface area contributed by atoms with Gasteiger partial charge in [0.25, 0.3) is 0 Å². The highest BCUT2D eigenvalue weighted by molar-refractivity contribution is 5.30. The summed E-state index contributed by atoms with van der Waals surface area (Å²) < 4.78 is 5.30. The van der Waals surface area contributed by atoms with Crippen molar-refractivity contribution in [1.29, 1.82) is 0 Å². The van der Waals surface area contributed by atoms with Crippen LogP contribution in [0.2, 0.25) is 0 Å². The Labute approximate surface area is 110 Å². The van der Waals surface area contributed by atoms with Crippen molar-refractivity contribution in [3.63, 3.8) is 0 Å². The van der Waals surface area contributed by atoms with Crippen LogP contribution in [0.3, 0.4) is 0 Å². The smallest absolute Gasteiger partial charge is 0.119 e. The van der Waals surface area contributed by atoms with E-state index in [1.54, 1.807) is 7.11 Å². The Morgan fingerprint density at radius 3 is 2.89 bits per heavy atom. The molecule has 0 aromatic heterocycles. The van der Waals surface area contributed by atoms with Gasteiger partial charge in [-0.15, -0.1) is 0 Å². The lowest BCUT2D eigenvalue weighted by Gasteiger charge is -2.40. The lowest BCUT2D eigenvalue weighted by Crippen LogP contribution is -2.46. The molecule has 3 heteroatoms. The molecule has 2 N–H and O–H groups in total. The van der Waals surface area contributed by atoms with Gasteiger partial charge in [-0.25, -0.2) is 0 Å². The van der Waals surface area contributed by atoms with Crippen LogP contribution in [-0.4, -0.2) is 30.6 Å². The summed E-state index contributed by atoms with van der Waals surface area (Å²) in [5, 5.41) is 0. The van der Waals surface area contributed by atoms with Gasteiger partial charge in [-0.3, -0.25) is 4.90 Å². The Balaban J connectivity index is 2.12. The zero-order valence-electron chi connectivity index (χ0n) is 11.6. The van der Waals surface area contributed by atoms with E-state index < -0.39 is 0 Å². The molecule has 0 bridgehead atoms. The largest absolute Gasteiger partial charge is 0.497 e. The molecule has 1 saturated heterocycles. The number of ether oxygens (including phenoxy) is 1. The molecule has 0 spiro atoms. The van der Waals surface area contributed by atoms with E-state index in [1.807, 2.05) is 6.07 Å². The fraction of sp³-hybridized carbons (Fsp3) is 0.600. The van der Waals surface area contributed by atoms with Crippen LogP contribution in [0.4, 0.5) is 0 Å². The molecule has 1 aromatic carbocycles. The minimum absolute atomic E-state index is 0.369. The summed E-state index contributed by atoms with van der Waals surface area (Å²) in [7, 11) is 1.71. The van der Waals surface area contributed by atoms with Crippen LogP contribution < -0.4 is 10.5 Å². The van der Waals surface area contributed by atoms with Gasteiger partial charge in [0.2, 0.25) is 0 Å². The number of likely N-dealkylation sites (tertiary alicyclic amines) is 1. The molecule has 3 unspecified atom stereocenters. The van der Waals surface area contributed by atoms with Gasteiger partial charge < -0.3 is 10.5 Å². The Hall–Kier alpha value is -1.06. The van der Waals surface area contributed by atoms with Crippen LogP contribution in [0.1, 0.15) is 38.3 Å². The van der Waals surface area contributed by atoms with Crippen molar-refractivity contribution in [3.8, 4) is 5.75 Å². The fourth-order valence-corrected chi connectivity index (χ4v) is 2.89. The molecule has 0 saturated carbocycles. The second-order valence-corrected chi connectivity index (χ2v) is 5.32. The number of methoxy groups -OCH3 is 1. The van der Waals surface area contributed by atoms with E-state index in [0.29, 0.717) is 18.1 Å². The maximum absolute atomic E-state index is 6.03. The van der Waals surface area contributed by atoms with Crippen molar-refractivity contribution in [1.82, 2.24) is 4.90 Å². The van der Waals surface area contributed by atoms with Gasteiger partial charge in [0.1, 0.15) is 5.75 Å². The van der Waals surface area contributed by atoms with Crippen molar-refractivity contribution in [2.24, 2.45) is 5.73 Å². The SMILES string of the molecule is COc1cccc(C(C)N2CCC(N)CC2C)c1. The molecule has 18 heavy (non-hydrogen) atoms. The molecule has 1 fully saturated rings. The Kier molecular flexibility index (Phi) is 4.25. The van der Waals surface area contributed by atoms with Gasteiger partial charge in [0.15, 0.2) is 0 Å². The number of hydrogen-bond acceptors (Lipinski definition) is 3. The number of piperidine rings is 1. The first-order valence-electron chi connectivity index (χ1n) is 6.77. The van der Waals surface area contributed by atoms with E-state index in [4.69, 9.17) is 10.5 Å². The lowest BCUT2D eigenvalue weighted by molar-refractivity contribution is 0.104. The van der Waals surface area contributed by atoms with Gasteiger partial charge in [-0.05, 0) is 44.4 Å². The van der Waals surface area contributed by atoms with Gasteiger partial charge in [-0.2, -0.15) is 0 Å². The van der Waals surface area contributed by atoms with Gasteiger partial charge in [0.05, 0.1) is 7.11 Å². The molecular weight excluding hydrogens is 224 g/mol. The quantitative estimate of drug-likeness (QED) is 0.893. The lowest BCUT2D eigenvalue weighted by atomic mass is 9.95. The standard InChI is InChI=1S/C15H24N2O/c1-11-9-14(16)7-8-17(11)12(2)13-5-4-6-15(10-13)18-3/h4-6,10-12,14H,7-9,16H2,1-3H3. The molecule has 0 aliphatic carbocycles. The number of nitrogens with two attached hydrogens (primary N) is 1. The van der Waals surface area contributed by atoms with Crippen LogP contribution in [0.25, 0.3) is 0 Å². The van der Waals surface area contributed by atoms with Gasteiger partial charge >= 0.3 is 0 Å². The maximum Gasteiger partial charge on any atom is 0.119 e. The predicted octanol–water partition coefficient (Wildman–Crippen LogP) is 2.57. The number of nitrogens with zero attached hydrogens (tertiary/aromatic N) is 1. The fourth-order valence-electron chi connectivity index (χ4n) is 2.89. The monoisotopic (exact) mass is 248 g/mol. The third-order valence-corrected chi connectivity index (χ3v) is 4.04. The molecule has 0 amide bonds. The molecule has 1 aliphatic rings. The van der Waals surface area contributed by atoms with Crippen molar-refractivity contribution >= 4 is 0 Å². The van der Waals surface area contributed by atoms with E-state index in [2.05, 4.69) is 36.9 Å². The highest BCUT2D eigenvalue weighted by Crippen LogP contribution is 2.29. The van der Waals surface area contributed by atoms with Crippen LogP contribution in [0.5, 0.6) is 5.75 Å². The average molecular weight is 248 g/mol. The van der Waals surface area contributed by atoms with Gasteiger partial charge in [-0.1, -0.05) is 12.1 Å². The first kappa shape index (κ1) is 13.4. The van der Waals surface area contributed by atoms with E-state index in [9.17, 15) is 0 Å². The van der Waals surface area contributed by atoms with Crippen molar-refractivity contribution < 1.29 is 4.74 Å². The molecule has 2 rings (SSSR count). The first-order chi connectivity index (χ1) is 8.61. The van der Waals surface area contributed by atoms with E-state index in [0.717, 1.165) is 25.1 Å². The summed E-state index contributed by atoms with van der Waals surface area (Å²) in [5.41, 5.74) is 7.34. The second kappa shape index (κ2) is 5.72. The maximum atomic E-state index is 6.03. The number of rotatable bonds is 3.